The first-order valence-corrected chi connectivity index (χ1v) is 4.03. The van der Waals surface area contributed by atoms with E-state index in [-0.39, 0.29) is 5.56 Å². The molecule has 0 amide bonds. The summed E-state index contributed by atoms with van der Waals surface area (Å²) in [6, 6.07) is 1.75. The standard InChI is InChI=1S/C7H2Cl2FNO3/c8-5-3(7(9)12)1-2-4(10)6(5)11(13)14/h1-2H. The van der Waals surface area contributed by atoms with Crippen LogP contribution in [-0.4, -0.2) is 10.2 Å². The van der Waals surface area contributed by atoms with Gasteiger partial charge in [0.15, 0.2) is 0 Å². The smallest absolute Gasteiger partial charge is 0.276 e. The Morgan fingerprint density at radius 1 is 1.50 bits per heavy atom. The lowest BCUT2D eigenvalue weighted by molar-refractivity contribution is -0.387. The lowest BCUT2D eigenvalue weighted by Crippen LogP contribution is -1.99. The van der Waals surface area contributed by atoms with Crippen molar-refractivity contribution in [3.05, 3.63) is 38.7 Å². The van der Waals surface area contributed by atoms with Gasteiger partial charge < -0.3 is 0 Å². The van der Waals surface area contributed by atoms with Crippen molar-refractivity contribution < 1.29 is 14.1 Å². The van der Waals surface area contributed by atoms with Gasteiger partial charge in [-0.3, -0.25) is 14.9 Å². The maximum absolute atomic E-state index is 12.9. The number of halogens is 3. The number of nitrogens with zero attached hydrogens (tertiary/aromatic N) is 1. The molecule has 0 bridgehead atoms. The average molecular weight is 238 g/mol. The third kappa shape index (κ3) is 1.83. The Hall–Kier alpha value is -1.20. The van der Waals surface area contributed by atoms with Crippen LogP contribution in [0.4, 0.5) is 10.1 Å². The highest BCUT2D eigenvalue weighted by Gasteiger charge is 2.24. The molecule has 0 aromatic heterocycles. The molecule has 0 saturated heterocycles. The molecule has 0 unspecified atom stereocenters. The van der Waals surface area contributed by atoms with Gasteiger partial charge in [0.05, 0.1) is 10.5 Å². The second-order valence-electron chi connectivity index (χ2n) is 2.29. The number of hydrogen-bond acceptors (Lipinski definition) is 3. The van der Waals surface area contributed by atoms with Gasteiger partial charge in [-0.2, -0.15) is 4.39 Å². The Balaban J connectivity index is 3.49. The molecule has 7 heteroatoms. The summed E-state index contributed by atoms with van der Waals surface area (Å²) in [6.45, 7) is 0. The molecule has 74 valence electrons. The lowest BCUT2D eigenvalue weighted by Gasteiger charge is -2.00. The van der Waals surface area contributed by atoms with E-state index < -0.39 is 26.7 Å². The fourth-order valence-electron chi connectivity index (χ4n) is 0.860. The summed E-state index contributed by atoms with van der Waals surface area (Å²) in [5.41, 5.74) is -1.24. The van der Waals surface area contributed by atoms with Gasteiger partial charge in [-0.05, 0) is 23.7 Å². The Bertz CT molecular complexity index is 422. The Kier molecular flexibility index (Phi) is 3.03. The van der Waals surface area contributed by atoms with E-state index in [1.807, 2.05) is 0 Å². The van der Waals surface area contributed by atoms with Crippen LogP contribution in [0.1, 0.15) is 10.4 Å². The largest absolute Gasteiger partial charge is 0.323 e. The number of carbonyl (C=O) groups is 1. The van der Waals surface area contributed by atoms with Gasteiger partial charge in [-0.25, -0.2) is 0 Å². The number of benzene rings is 1. The summed E-state index contributed by atoms with van der Waals surface area (Å²) in [5, 5.41) is 8.78. The van der Waals surface area contributed by atoms with Crippen molar-refractivity contribution in [2.75, 3.05) is 0 Å². The molecule has 0 atom stereocenters. The van der Waals surface area contributed by atoms with E-state index in [9.17, 15) is 19.3 Å². The van der Waals surface area contributed by atoms with Crippen LogP contribution in [0.15, 0.2) is 12.1 Å². The zero-order chi connectivity index (χ0) is 10.9. The van der Waals surface area contributed by atoms with Crippen molar-refractivity contribution in [3.8, 4) is 0 Å². The summed E-state index contributed by atoms with van der Waals surface area (Å²) in [7, 11) is 0. The van der Waals surface area contributed by atoms with Gasteiger partial charge in [-0.15, -0.1) is 0 Å². The number of nitro groups is 1. The maximum atomic E-state index is 12.9. The normalized spacial score (nSPS) is 9.93. The first kappa shape index (κ1) is 10.9. The third-order valence-electron chi connectivity index (χ3n) is 1.46. The number of rotatable bonds is 2. The molecule has 0 aliphatic carbocycles. The molecule has 14 heavy (non-hydrogen) atoms. The molecule has 0 aliphatic heterocycles. The zero-order valence-corrected chi connectivity index (χ0v) is 7.97. The summed E-state index contributed by atoms with van der Waals surface area (Å²) in [6.07, 6.45) is 0. The SMILES string of the molecule is O=C(Cl)c1ccc(F)c([N+](=O)[O-])c1Cl. The van der Waals surface area contributed by atoms with Crippen LogP contribution >= 0.6 is 23.2 Å². The second-order valence-corrected chi connectivity index (χ2v) is 3.01. The van der Waals surface area contributed by atoms with Crippen molar-refractivity contribution in [1.29, 1.82) is 0 Å². The van der Waals surface area contributed by atoms with Crippen molar-refractivity contribution in [3.63, 3.8) is 0 Å². The van der Waals surface area contributed by atoms with Crippen molar-refractivity contribution in [2.45, 2.75) is 0 Å². The van der Waals surface area contributed by atoms with E-state index in [2.05, 4.69) is 0 Å². The van der Waals surface area contributed by atoms with Crippen molar-refractivity contribution >= 4 is 34.1 Å². The molecule has 0 heterocycles. The van der Waals surface area contributed by atoms with Gasteiger partial charge in [0, 0.05) is 0 Å². The Morgan fingerprint density at radius 3 is 2.50 bits per heavy atom. The Labute approximate surface area is 87.4 Å². The summed E-state index contributed by atoms with van der Waals surface area (Å²) in [5.74, 6) is -1.11. The lowest BCUT2D eigenvalue weighted by atomic mass is 10.2. The number of carbonyl (C=O) groups excluding carboxylic acids is 1. The maximum Gasteiger partial charge on any atom is 0.323 e. The van der Waals surface area contributed by atoms with E-state index >= 15 is 0 Å². The second kappa shape index (κ2) is 3.89. The van der Waals surface area contributed by atoms with E-state index in [0.29, 0.717) is 0 Å². The predicted molar refractivity (Wildman–Crippen MR) is 48.2 cm³/mol. The van der Waals surface area contributed by atoms with Crippen molar-refractivity contribution in [2.24, 2.45) is 0 Å². The first-order chi connectivity index (χ1) is 6.45. The Morgan fingerprint density at radius 2 is 2.07 bits per heavy atom. The minimum atomic E-state index is -1.11. The molecule has 1 rings (SSSR count). The van der Waals surface area contributed by atoms with Gasteiger partial charge in [-0.1, -0.05) is 11.6 Å². The fraction of sp³-hybridized carbons (Fsp3) is 0. The summed E-state index contributed by atoms with van der Waals surface area (Å²) in [4.78, 5) is 20.0. The summed E-state index contributed by atoms with van der Waals surface area (Å²) >= 11 is 10.5. The van der Waals surface area contributed by atoms with Crippen LogP contribution in [0, 0.1) is 15.9 Å². The highest BCUT2D eigenvalue weighted by molar-refractivity contribution is 6.68. The molecule has 4 nitrogen and oxygen atoms in total. The minimum absolute atomic E-state index is 0.290. The summed E-state index contributed by atoms with van der Waals surface area (Å²) < 4.78 is 12.9. The molecule has 1 aromatic rings. The molecule has 0 fully saturated rings. The molecular weight excluding hydrogens is 236 g/mol. The van der Waals surface area contributed by atoms with E-state index in [4.69, 9.17) is 23.2 Å². The highest BCUT2D eigenvalue weighted by Crippen LogP contribution is 2.31. The van der Waals surface area contributed by atoms with Crippen LogP contribution < -0.4 is 0 Å². The number of nitro benzene ring substituents is 1. The monoisotopic (exact) mass is 237 g/mol. The van der Waals surface area contributed by atoms with E-state index in [1.54, 1.807) is 0 Å². The molecular formula is C7H2Cl2FNO3. The van der Waals surface area contributed by atoms with Crippen LogP contribution in [0.3, 0.4) is 0 Å². The third-order valence-corrected chi connectivity index (χ3v) is 2.05. The van der Waals surface area contributed by atoms with Gasteiger partial charge >= 0.3 is 5.69 Å². The van der Waals surface area contributed by atoms with Crippen LogP contribution in [-0.2, 0) is 0 Å². The molecule has 0 saturated carbocycles. The van der Waals surface area contributed by atoms with Gasteiger partial charge in [0.25, 0.3) is 5.24 Å². The number of hydrogen-bond donors (Lipinski definition) is 0. The highest BCUT2D eigenvalue weighted by atomic mass is 35.5. The van der Waals surface area contributed by atoms with Crippen LogP contribution in [0.25, 0.3) is 0 Å². The molecule has 0 aliphatic rings. The molecule has 0 radical (unpaired) electrons. The van der Waals surface area contributed by atoms with E-state index in [0.717, 1.165) is 12.1 Å². The minimum Gasteiger partial charge on any atom is -0.276 e. The fourth-order valence-corrected chi connectivity index (χ4v) is 1.37. The van der Waals surface area contributed by atoms with E-state index in [1.165, 1.54) is 0 Å². The van der Waals surface area contributed by atoms with Gasteiger partial charge in [0.2, 0.25) is 5.82 Å². The first-order valence-electron chi connectivity index (χ1n) is 3.27. The average Bonchev–Trinajstić information content (AvgIpc) is 2.02. The molecule has 0 spiro atoms. The van der Waals surface area contributed by atoms with Crippen molar-refractivity contribution in [1.82, 2.24) is 0 Å². The molecule has 1 aromatic carbocycles. The topological polar surface area (TPSA) is 60.2 Å². The zero-order valence-electron chi connectivity index (χ0n) is 6.46. The quantitative estimate of drug-likeness (QED) is 0.452. The predicted octanol–water partition coefficient (Wildman–Crippen LogP) is 2.77. The molecule has 0 N–H and O–H groups in total. The van der Waals surface area contributed by atoms with Crippen LogP contribution in [0.5, 0.6) is 0 Å². The van der Waals surface area contributed by atoms with Gasteiger partial charge in [0.1, 0.15) is 5.02 Å². The van der Waals surface area contributed by atoms with Crippen LogP contribution in [0.2, 0.25) is 5.02 Å².